The molecule has 0 aliphatic heterocycles. The predicted molar refractivity (Wildman–Crippen MR) is 90.4 cm³/mol. The Morgan fingerprint density at radius 2 is 1.52 bits per heavy atom. The highest BCUT2D eigenvalue weighted by Crippen LogP contribution is 2.10. The summed E-state index contributed by atoms with van der Waals surface area (Å²) in [7, 11) is 0. The van der Waals surface area contributed by atoms with Crippen LogP contribution in [0.2, 0.25) is 0 Å². The van der Waals surface area contributed by atoms with Crippen molar-refractivity contribution in [3.05, 3.63) is 0 Å². The maximum atomic E-state index is 11.9. The van der Waals surface area contributed by atoms with Crippen LogP contribution in [0, 0.1) is 0 Å². The molecule has 0 saturated carbocycles. The van der Waals surface area contributed by atoms with Crippen molar-refractivity contribution < 1.29 is 39.9 Å². The van der Waals surface area contributed by atoms with E-state index in [9.17, 15) is 34.8 Å². The van der Waals surface area contributed by atoms with Crippen LogP contribution in [0.15, 0.2) is 0 Å². The average molecular weight is 396 g/mol. The van der Waals surface area contributed by atoms with Crippen LogP contribution in [0.3, 0.4) is 0 Å². The van der Waals surface area contributed by atoms with Gasteiger partial charge < -0.3 is 59.1 Å². The summed E-state index contributed by atoms with van der Waals surface area (Å²) in [4.78, 5) is 33.8. The van der Waals surface area contributed by atoms with Gasteiger partial charge in [0.05, 0.1) is 30.9 Å². The normalized spacial score (nSPS) is 19.1. The highest BCUT2D eigenvalue weighted by molar-refractivity contribution is 5.89. The maximum absolute atomic E-state index is 11.9. The molecule has 0 aliphatic rings. The number of aliphatic hydroxyl groups excluding tert-OH is 5. The molecule has 0 fully saturated rings. The largest absolute Gasteiger partial charge is 0.395 e. The molecule has 0 heterocycles. The minimum atomic E-state index is -2.17. The fraction of sp³-hybridized carbons (Fsp3) is 0.769. The summed E-state index contributed by atoms with van der Waals surface area (Å²) < 4.78 is 0. The molecule has 158 valence electrons. The van der Waals surface area contributed by atoms with Crippen LogP contribution in [-0.4, -0.2) is 99.1 Å². The van der Waals surface area contributed by atoms with E-state index >= 15 is 0 Å². The molecule has 14 nitrogen and oxygen atoms in total. The number of hydrogen-bond donors (Lipinski definition) is 11. The van der Waals surface area contributed by atoms with E-state index in [1.54, 1.807) is 0 Å². The molecule has 0 bridgehead atoms. The van der Waals surface area contributed by atoms with E-state index < -0.39 is 80.0 Å². The predicted octanol–water partition coefficient (Wildman–Crippen LogP) is -6.89. The zero-order valence-corrected chi connectivity index (χ0v) is 14.4. The highest BCUT2D eigenvalue weighted by Gasteiger charge is 2.35. The quantitative estimate of drug-likeness (QED) is 0.148. The van der Waals surface area contributed by atoms with Gasteiger partial charge in [0, 0.05) is 13.0 Å². The van der Waals surface area contributed by atoms with Crippen LogP contribution < -0.4 is 33.6 Å². The molecule has 0 spiro atoms. The molecule has 0 aromatic rings. The first kappa shape index (κ1) is 24.9. The number of primary amides is 2. The second-order valence-electron chi connectivity index (χ2n) is 5.94. The Labute approximate surface area is 154 Å². The number of carbonyl (C=O) groups is 3. The van der Waals surface area contributed by atoms with Gasteiger partial charge in [-0.25, -0.2) is 4.79 Å². The number of amides is 4. The molecular weight excluding hydrogens is 368 g/mol. The summed E-state index contributed by atoms with van der Waals surface area (Å²) in [5.74, 6) is -2.31. The first-order valence-electron chi connectivity index (χ1n) is 7.89. The van der Waals surface area contributed by atoms with E-state index in [0.29, 0.717) is 0 Å². The summed E-state index contributed by atoms with van der Waals surface area (Å²) in [5.41, 5.74) is 20.8. The molecule has 7 atom stereocenters. The van der Waals surface area contributed by atoms with Crippen molar-refractivity contribution in [2.45, 2.75) is 49.0 Å². The van der Waals surface area contributed by atoms with E-state index in [0.717, 1.165) is 0 Å². The molecule has 0 aliphatic carbocycles. The van der Waals surface area contributed by atoms with Crippen molar-refractivity contribution in [2.75, 3.05) is 13.2 Å². The van der Waals surface area contributed by atoms with Gasteiger partial charge in [0.25, 0.3) is 5.91 Å². The van der Waals surface area contributed by atoms with Gasteiger partial charge in [-0.1, -0.05) is 0 Å². The number of rotatable bonds is 12. The van der Waals surface area contributed by atoms with Crippen LogP contribution in [0.25, 0.3) is 0 Å². The van der Waals surface area contributed by atoms with Gasteiger partial charge in [-0.05, 0) is 0 Å². The summed E-state index contributed by atoms with van der Waals surface area (Å²) in [5, 5.41) is 52.2. The lowest BCUT2D eigenvalue weighted by atomic mass is 9.94. The van der Waals surface area contributed by atoms with Gasteiger partial charge in [-0.15, -0.1) is 0 Å². The lowest BCUT2D eigenvalue weighted by Gasteiger charge is -2.29. The Bertz CT molecular complexity index is 509. The minimum Gasteiger partial charge on any atom is -0.395 e. The van der Waals surface area contributed by atoms with Crippen LogP contribution in [-0.2, 0) is 9.59 Å². The Morgan fingerprint density at radius 3 is 1.96 bits per heavy atom. The number of hydrogen-bond acceptors (Lipinski definition) is 10. The minimum absolute atomic E-state index is 0.444. The average Bonchev–Trinajstić information content (AvgIpc) is 2.61. The number of nitrogens with two attached hydrogens (primary N) is 4. The maximum Gasteiger partial charge on any atom is 0.312 e. The fourth-order valence-corrected chi connectivity index (χ4v) is 1.98. The van der Waals surface area contributed by atoms with Crippen molar-refractivity contribution in [3.63, 3.8) is 0 Å². The molecule has 4 amide bonds. The second kappa shape index (κ2) is 11.6. The molecule has 0 unspecified atom stereocenters. The standard InChI is InChI=1S/C13H28N6O8/c14-4(3-20)6(21)1-7(22)8(15)9(23)10(24)12(26)19-5(11(16)25)2-18-13(17)27/h4-10,20-24H,1-3,14-15H2,(H2,16,25)(H,19,26)(H3,17,18,27)/t4-,5+,6+,7+,8+,9+,10-/m0/s1. The van der Waals surface area contributed by atoms with E-state index in [2.05, 4.69) is 0 Å². The van der Waals surface area contributed by atoms with Gasteiger partial charge in [-0.3, -0.25) is 9.59 Å². The summed E-state index contributed by atoms with van der Waals surface area (Å²) in [6.07, 6.45) is -7.54. The zero-order chi connectivity index (χ0) is 21.3. The molecule has 0 rings (SSSR count). The number of urea groups is 1. The molecule has 0 radical (unpaired) electrons. The monoisotopic (exact) mass is 396 g/mol. The van der Waals surface area contributed by atoms with Gasteiger partial charge >= 0.3 is 6.03 Å². The van der Waals surface area contributed by atoms with Crippen molar-refractivity contribution in [3.8, 4) is 0 Å². The molecule has 0 aromatic carbocycles. The van der Waals surface area contributed by atoms with Crippen LogP contribution in [0.4, 0.5) is 4.79 Å². The van der Waals surface area contributed by atoms with Gasteiger partial charge in [0.1, 0.15) is 12.1 Å². The summed E-state index contributed by atoms with van der Waals surface area (Å²) >= 11 is 0. The molecule has 0 aromatic heterocycles. The van der Waals surface area contributed by atoms with Crippen LogP contribution >= 0.6 is 0 Å². The van der Waals surface area contributed by atoms with Crippen molar-refractivity contribution in [2.24, 2.45) is 22.9 Å². The Morgan fingerprint density at radius 1 is 0.963 bits per heavy atom. The number of carbonyl (C=O) groups excluding carboxylic acids is 3. The lowest BCUT2D eigenvalue weighted by molar-refractivity contribution is -0.140. The Kier molecular flexibility index (Phi) is 10.7. The van der Waals surface area contributed by atoms with Crippen molar-refractivity contribution in [1.82, 2.24) is 10.6 Å². The first-order valence-corrected chi connectivity index (χ1v) is 7.89. The van der Waals surface area contributed by atoms with E-state index in [4.69, 9.17) is 28.0 Å². The Balaban J connectivity index is 4.82. The fourth-order valence-electron chi connectivity index (χ4n) is 1.98. The number of nitrogens with one attached hydrogen (secondary N) is 2. The first-order chi connectivity index (χ1) is 12.4. The molecule has 14 heteroatoms. The highest BCUT2D eigenvalue weighted by atomic mass is 16.3. The Hall–Kier alpha value is -2.07. The van der Waals surface area contributed by atoms with E-state index in [1.165, 1.54) is 0 Å². The third-order valence-electron chi connectivity index (χ3n) is 3.76. The zero-order valence-electron chi connectivity index (χ0n) is 14.4. The summed E-state index contributed by atoms with van der Waals surface area (Å²) in [6, 6.07) is -5.06. The van der Waals surface area contributed by atoms with Crippen LogP contribution in [0.1, 0.15) is 6.42 Å². The van der Waals surface area contributed by atoms with E-state index in [1.807, 2.05) is 10.6 Å². The molecular formula is C13H28N6O8. The van der Waals surface area contributed by atoms with Gasteiger partial charge in [0.2, 0.25) is 5.91 Å². The lowest BCUT2D eigenvalue weighted by Crippen LogP contribution is -2.59. The number of aliphatic hydroxyl groups is 5. The van der Waals surface area contributed by atoms with Crippen molar-refractivity contribution >= 4 is 17.8 Å². The SMILES string of the molecule is NC(=O)NC[C@@H](NC(=O)[C@@H](O)[C@H](O)[C@H](N)[C@H](O)C[C@@H](O)[C@@H](N)CO)C(N)=O. The third-order valence-corrected chi connectivity index (χ3v) is 3.76. The third kappa shape index (κ3) is 8.44. The van der Waals surface area contributed by atoms with Crippen molar-refractivity contribution in [1.29, 1.82) is 0 Å². The summed E-state index contributed by atoms with van der Waals surface area (Å²) in [6.45, 7) is -1.02. The van der Waals surface area contributed by atoms with Gasteiger partial charge in [-0.2, -0.15) is 0 Å². The van der Waals surface area contributed by atoms with E-state index in [-0.39, 0.29) is 0 Å². The molecule has 0 saturated heterocycles. The topological polar surface area (TPSA) is 280 Å². The smallest absolute Gasteiger partial charge is 0.312 e. The molecule has 27 heavy (non-hydrogen) atoms. The molecule has 15 N–H and O–H groups in total. The van der Waals surface area contributed by atoms with Crippen LogP contribution in [0.5, 0.6) is 0 Å². The second-order valence-corrected chi connectivity index (χ2v) is 5.94. The van der Waals surface area contributed by atoms with Gasteiger partial charge in [0.15, 0.2) is 6.10 Å².